The number of nitrogens with one attached hydrogen (secondary N) is 1. The van der Waals surface area contributed by atoms with Crippen molar-refractivity contribution >= 4 is 0 Å². The van der Waals surface area contributed by atoms with Gasteiger partial charge in [0.25, 0.3) is 5.56 Å². The van der Waals surface area contributed by atoms with E-state index in [4.69, 9.17) is 5.11 Å². The van der Waals surface area contributed by atoms with Crippen molar-refractivity contribution in [1.29, 1.82) is 0 Å². The van der Waals surface area contributed by atoms with Crippen LogP contribution in [0.1, 0.15) is 24.0 Å². The molecule has 20 heavy (non-hydrogen) atoms. The number of benzene rings is 1. The predicted octanol–water partition coefficient (Wildman–Crippen LogP) is 0.900. The lowest BCUT2D eigenvalue weighted by molar-refractivity contribution is 0.284. The van der Waals surface area contributed by atoms with Crippen molar-refractivity contribution in [3.05, 3.63) is 68.5 Å². The van der Waals surface area contributed by atoms with Crippen molar-refractivity contribution in [1.82, 2.24) is 9.55 Å². The van der Waals surface area contributed by atoms with Gasteiger partial charge in [0.15, 0.2) is 0 Å². The van der Waals surface area contributed by atoms with E-state index in [0.29, 0.717) is 6.54 Å². The molecule has 0 unspecified atom stereocenters. The Labute approximate surface area is 116 Å². The number of nitrogens with zero attached hydrogens (tertiary/aromatic N) is 1. The van der Waals surface area contributed by atoms with E-state index in [9.17, 15) is 9.59 Å². The fourth-order valence-electron chi connectivity index (χ4n) is 2.02. The number of unbranched alkanes of at least 4 members (excludes halogenated alkanes) is 1. The van der Waals surface area contributed by atoms with Gasteiger partial charge in [-0.2, -0.15) is 0 Å². The van der Waals surface area contributed by atoms with E-state index in [1.807, 2.05) is 24.3 Å². The number of aliphatic hydroxyl groups is 1. The van der Waals surface area contributed by atoms with Crippen LogP contribution in [0.25, 0.3) is 0 Å². The fraction of sp³-hybridized carbons (Fsp3) is 0.333. The largest absolute Gasteiger partial charge is 0.396 e. The SMILES string of the molecule is O=c1ccn(Cc2ccc(CCCCO)cc2)c(=O)[nH]1. The van der Waals surface area contributed by atoms with Gasteiger partial charge in [-0.3, -0.25) is 14.3 Å². The van der Waals surface area contributed by atoms with Gasteiger partial charge in [-0.05, 0) is 30.4 Å². The molecule has 5 nitrogen and oxygen atoms in total. The molecular weight excluding hydrogens is 256 g/mol. The number of aromatic nitrogens is 2. The van der Waals surface area contributed by atoms with Crippen molar-refractivity contribution in [2.45, 2.75) is 25.8 Å². The maximum absolute atomic E-state index is 11.6. The van der Waals surface area contributed by atoms with E-state index in [0.717, 1.165) is 24.8 Å². The molecule has 2 N–H and O–H groups in total. The zero-order chi connectivity index (χ0) is 14.4. The Morgan fingerprint density at radius 3 is 2.35 bits per heavy atom. The molecule has 2 aromatic rings. The highest BCUT2D eigenvalue weighted by molar-refractivity contribution is 5.22. The molecule has 0 spiro atoms. The van der Waals surface area contributed by atoms with E-state index in [1.54, 1.807) is 0 Å². The standard InChI is InChI=1S/C15H18N2O3/c18-10-2-1-3-12-4-6-13(7-5-12)11-17-9-8-14(19)16-15(17)20/h4-9,18H,1-3,10-11H2,(H,16,19,20). The Kier molecular flexibility index (Phi) is 4.90. The molecule has 0 radical (unpaired) electrons. The number of hydrogen-bond acceptors (Lipinski definition) is 3. The minimum Gasteiger partial charge on any atom is -0.396 e. The van der Waals surface area contributed by atoms with Crippen LogP contribution in [0.15, 0.2) is 46.1 Å². The predicted molar refractivity (Wildman–Crippen MR) is 76.9 cm³/mol. The van der Waals surface area contributed by atoms with Crippen LogP contribution < -0.4 is 11.2 Å². The Bertz CT molecular complexity index is 656. The molecule has 1 aromatic heterocycles. The molecule has 0 bridgehead atoms. The summed E-state index contributed by atoms with van der Waals surface area (Å²) in [6, 6.07) is 9.36. The summed E-state index contributed by atoms with van der Waals surface area (Å²) in [4.78, 5) is 24.8. The third kappa shape index (κ3) is 3.93. The molecule has 0 aliphatic rings. The van der Waals surface area contributed by atoms with Crippen LogP contribution in [0.3, 0.4) is 0 Å². The van der Waals surface area contributed by atoms with Crippen LogP contribution in [-0.2, 0) is 13.0 Å². The maximum Gasteiger partial charge on any atom is 0.328 e. The Morgan fingerprint density at radius 1 is 1.00 bits per heavy atom. The van der Waals surface area contributed by atoms with Crippen LogP contribution in [0.2, 0.25) is 0 Å². The van der Waals surface area contributed by atoms with Crippen LogP contribution >= 0.6 is 0 Å². The molecule has 106 valence electrons. The lowest BCUT2D eigenvalue weighted by atomic mass is 10.1. The molecule has 0 fully saturated rings. The number of hydrogen-bond donors (Lipinski definition) is 2. The average molecular weight is 274 g/mol. The maximum atomic E-state index is 11.6. The summed E-state index contributed by atoms with van der Waals surface area (Å²) in [5, 5.41) is 8.74. The first kappa shape index (κ1) is 14.3. The summed E-state index contributed by atoms with van der Waals surface area (Å²) < 4.78 is 1.46. The van der Waals surface area contributed by atoms with Crippen LogP contribution in [0.5, 0.6) is 0 Å². The van der Waals surface area contributed by atoms with E-state index >= 15 is 0 Å². The summed E-state index contributed by atoms with van der Waals surface area (Å²) in [7, 11) is 0. The molecule has 5 heteroatoms. The summed E-state index contributed by atoms with van der Waals surface area (Å²) in [6.45, 7) is 0.666. The van der Waals surface area contributed by atoms with Crippen molar-refractivity contribution < 1.29 is 5.11 Å². The van der Waals surface area contributed by atoms with Gasteiger partial charge in [-0.1, -0.05) is 24.3 Å². The molecule has 0 aliphatic heterocycles. The number of H-pyrrole nitrogens is 1. The minimum absolute atomic E-state index is 0.229. The topological polar surface area (TPSA) is 75.1 Å². The molecule has 1 aromatic carbocycles. The molecular formula is C15H18N2O3. The summed E-state index contributed by atoms with van der Waals surface area (Å²) in [5.74, 6) is 0. The summed E-state index contributed by atoms with van der Waals surface area (Å²) >= 11 is 0. The summed E-state index contributed by atoms with van der Waals surface area (Å²) in [5.41, 5.74) is 1.44. The first-order valence-electron chi connectivity index (χ1n) is 6.67. The van der Waals surface area contributed by atoms with E-state index < -0.39 is 5.69 Å². The highest BCUT2D eigenvalue weighted by Gasteiger charge is 1.99. The second-order valence-electron chi connectivity index (χ2n) is 4.74. The summed E-state index contributed by atoms with van der Waals surface area (Å²) in [6.07, 6.45) is 4.22. The van der Waals surface area contributed by atoms with Gasteiger partial charge < -0.3 is 5.11 Å². The monoisotopic (exact) mass is 274 g/mol. The van der Waals surface area contributed by atoms with Crippen LogP contribution in [0, 0.1) is 0 Å². The molecule has 1 heterocycles. The zero-order valence-electron chi connectivity index (χ0n) is 11.2. The number of rotatable bonds is 6. The van der Waals surface area contributed by atoms with E-state index in [1.165, 1.54) is 22.4 Å². The molecule has 0 atom stereocenters. The Morgan fingerprint density at radius 2 is 1.70 bits per heavy atom. The van der Waals surface area contributed by atoms with Crippen molar-refractivity contribution in [2.75, 3.05) is 6.61 Å². The number of aliphatic hydroxyl groups excluding tert-OH is 1. The Balaban J connectivity index is 2.03. The quantitative estimate of drug-likeness (QED) is 0.768. The van der Waals surface area contributed by atoms with Crippen LogP contribution in [-0.4, -0.2) is 21.3 Å². The van der Waals surface area contributed by atoms with Gasteiger partial charge in [-0.25, -0.2) is 4.79 Å². The van der Waals surface area contributed by atoms with Crippen molar-refractivity contribution in [3.8, 4) is 0 Å². The Hall–Kier alpha value is -2.14. The van der Waals surface area contributed by atoms with Gasteiger partial charge in [0.2, 0.25) is 0 Å². The number of aryl methyl sites for hydroxylation is 1. The van der Waals surface area contributed by atoms with Crippen molar-refractivity contribution in [2.24, 2.45) is 0 Å². The molecule has 0 saturated carbocycles. The molecule has 0 saturated heterocycles. The highest BCUT2D eigenvalue weighted by atomic mass is 16.3. The second-order valence-corrected chi connectivity index (χ2v) is 4.74. The number of aromatic amines is 1. The third-order valence-corrected chi connectivity index (χ3v) is 3.15. The molecule has 0 amide bonds. The minimum atomic E-state index is -0.399. The smallest absolute Gasteiger partial charge is 0.328 e. The van der Waals surface area contributed by atoms with Gasteiger partial charge in [-0.15, -0.1) is 0 Å². The lowest BCUT2D eigenvalue weighted by Crippen LogP contribution is -2.28. The van der Waals surface area contributed by atoms with Gasteiger partial charge in [0.05, 0.1) is 6.54 Å². The van der Waals surface area contributed by atoms with Gasteiger partial charge >= 0.3 is 5.69 Å². The first-order chi connectivity index (χ1) is 9.69. The average Bonchev–Trinajstić information content (AvgIpc) is 2.44. The molecule has 2 rings (SSSR count). The zero-order valence-corrected chi connectivity index (χ0v) is 11.2. The normalized spacial score (nSPS) is 10.7. The lowest BCUT2D eigenvalue weighted by Gasteiger charge is -2.06. The first-order valence-corrected chi connectivity index (χ1v) is 6.67. The fourth-order valence-corrected chi connectivity index (χ4v) is 2.02. The third-order valence-electron chi connectivity index (χ3n) is 3.15. The van der Waals surface area contributed by atoms with Gasteiger partial charge in [0.1, 0.15) is 0 Å². The van der Waals surface area contributed by atoms with E-state index in [-0.39, 0.29) is 12.2 Å². The van der Waals surface area contributed by atoms with E-state index in [2.05, 4.69) is 4.98 Å². The van der Waals surface area contributed by atoms with Crippen LogP contribution in [0.4, 0.5) is 0 Å². The highest BCUT2D eigenvalue weighted by Crippen LogP contribution is 2.08. The van der Waals surface area contributed by atoms with Gasteiger partial charge in [0, 0.05) is 18.9 Å². The van der Waals surface area contributed by atoms with Crippen molar-refractivity contribution in [3.63, 3.8) is 0 Å². The second kappa shape index (κ2) is 6.86. The molecule has 0 aliphatic carbocycles.